The van der Waals surface area contributed by atoms with Gasteiger partial charge in [-0.25, -0.2) is 9.89 Å². The van der Waals surface area contributed by atoms with Gasteiger partial charge in [-0.3, -0.25) is 14.5 Å². The van der Waals surface area contributed by atoms with Crippen molar-refractivity contribution >= 4 is 23.5 Å². The minimum atomic E-state index is -0.613. The number of methoxy groups -OCH3 is 1. The molecule has 1 saturated heterocycles. The standard InChI is InChI=1S/C16H21N3O3/c1-10(2)17-16-18(11(3)4)14(20)15(21)19(16)12-8-6-7-9-13(12)22-5/h6-11H,1-5H3. The molecular weight excluding hydrogens is 282 g/mol. The first-order chi connectivity index (χ1) is 10.4. The van der Waals surface area contributed by atoms with Crippen LogP contribution >= 0.6 is 0 Å². The summed E-state index contributed by atoms with van der Waals surface area (Å²) >= 11 is 0. The normalized spacial score (nSPS) is 17.3. The number of amides is 2. The van der Waals surface area contributed by atoms with E-state index in [0.717, 1.165) is 0 Å². The van der Waals surface area contributed by atoms with Crippen LogP contribution in [0.4, 0.5) is 5.69 Å². The highest BCUT2D eigenvalue weighted by molar-refractivity contribution is 6.53. The third kappa shape index (κ3) is 2.68. The van der Waals surface area contributed by atoms with Crippen molar-refractivity contribution in [3.8, 4) is 5.75 Å². The van der Waals surface area contributed by atoms with E-state index in [-0.39, 0.29) is 12.1 Å². The third-order valence-electron chi connectivity index (χ3n) is 3.24. The molecule has 1 aromatic rings. The second-order valence-electron chi connectivity index (χ2n) is 5.60. The van der Waals surface area contributed by atoms with Crippen LogP contribution in [0.3, 0.4) is 0 Å². The van der Waals surface area contributed by atoms with Crippen LogP contribution in [-0.4, -0.2) is 41.9 Å². The first-order valence-corrected chi connectivity index (χ1v) is 7.27. The molecule has 6 nitrogen and oxygen atoms in total. The van der Waals surface area contributed by atoms with E-state index in [1.807, 2.05) is 33.8 Å². The van der Waals surface area contributed by atoms with Crippen LogP contribution in [0.25, 0.3) is 0 Å². The molecule has 0 radical (unpaired) electrons. The van der Waals surface area contributed by atoms with E-state index >= 15 is 0 Å². The zero-order chi connectivity index (χ0) is 16.4. The fourth-order valence-electron chi connectivity index (χ4n) is 2.34. The van der Waals surface area contributed by atoms with Gasteiger partial charge in [0.1, 0.15) is 5.75 Å². The lowest BCUT2D eigenvalue weighted by atomic mass is 10.2. The molecule has 0 saturated carbocycles. The number of carbonyl (C=O) groups excluding carboxylic acids is 2. The van der Waals surface area contributed by atoms with E-state index in [0.29, 0.717) is 17.4 Å². The number of aliphatic imine (C=N–C) groups is 1. The first-order valence-electron chi connectivity index (χ1n) is 7.27. The van der Waals surface area contributed by atoms with Crippen LogP contribution in [0.1, 0.15) is 27.7 Å². The lowest BCUT2D eigenvalue weighted by molar-refractivity contribution is -0.139. The van der Waals surface area contributed by atoms with Crippen molar-refractivity contribution in [3.05, 3.63) is 24.3 Å². The molecule has 1 aliphatic rings. The molecule has 0 aromatic heterocycles. The summed E-state index contributed by atoms with van der Waals surface area (Å²) in [5, 5.41) is 0. The number of para-hydroxylation sites is 2. The van der Waals surface area contributed by atoms with E-state index in [9.17, 15) is 9.59 Å². The van der Waals surface area contributed by atoms with Crippen molar-refractivity contribution in [3.63, 3.8) is 0 Å². The Hall–Kier alpha value is -2.37. The smallest absolute Gasteiger partial charge is 0.324 e. The van der Waals surface area contributed by atoms with Gasteiger partial charge >= 0.3 is 11.8 Å². The molecule has 0 aliphatic carbocycles. The summed E-state index contributed by atoms with van der Waals surface area (Å²) in [5.74, 6) is -0.312. The number of ether oxygens (including phenoxy) is 1. The van der Waals surface area contributed by atoms with E-state index in [2.05, 4.69) is 4.99 Å². The fourth-order valence-corrected chi connectivity index (χ4v) is 2.34. The number of carbonyl (C=O) groups is 2. The van der Waals surface area contributed by atoms with Crippen LogP contribution in [0.5, 0.6) is 5.75 Å². The van der Waals surface area contributed by atoms with Gasteiger partial charge in [0.15, 0.2) is 0 Å². The van der Waals surface area contributed by atoms with Crippen molar-refractivity contribution in [2.24, 2.45) is 4.99 Å². The van der Waals surface area contributed by atoms with Gasteiger partial charge in [-0.2, -0.15) is 0 Å². The number of rotatable bonds is 4. The summed E-state index contributed by atoms with van der Waals surface area (Å²) in [7, 11) is 1.53. The number of guanidine groups is 1. The van der Waals surface area contributed by atoms with Crippen molar-refractivity contribution in [1.82, 2.24) is 4.90 Å². The Labute approximate surface area is 130 Å². The van der Waals surface area contributed by atoms with Crippen molar-refractivity contribution < 1.29 is 14.3 Å². The average Bonchev–Trinajstić information content (AvgIpc) is 2.69. The van der Waals surface area contributed by atoms with Gasteiger partial charge in [0.2, 0.25) is 5.96 Å². The number of nitrogens with zero attached hydrogens (tertiary/aromatic N) is 3. The summed E-state index contributed by atoms with van der Waals surface area (Å²) in [4.78, 5) is 32.1. The highest BCUT2D eigenvalue weighted by Gasteiger charge is 2.45. The van der Waals surface area contributed by atoms with Gasteiger partial charge in [-0.15, -0.1) is 0 Å². The maximum atomic E-state index is 12.5. The van der Waals surface area contributed by atoms with Gasteiger partial charge in [0.25, 0.3) is 0 Å². The fraction of sp³-hybridized carbons (Fsp3) is 0.438. The van der Waals surface area contributed by atoms with E-state index in [4.69, 9.17) is 4.74 Å². The summed E-state index contributed by atoms with van der Waals surface area (Å²) in [6, 6.07) is 6.88. The molecule has 0 bridgehead atoms. The highest BCUT2D eigenvalue weighted by atomic mass is 16.5. The first kappa shape index (κ1) is 16.0. The van der Waals surface area contributed by atoms with E-state index in [1.165, 1.54) is 16.9 Å². The Morgan fingerprint density at radius 3 is 2.23 bits per heavy atom. The van der Waals surface area contributed by atoms with Crippen molar-refractivity contribution in [1.29, 1.82) is 0 Å². The Morgan fingerprint density at radius 1 is 1.05 bits per heavy atom. The number of benzene rings is 1. The predicted molar refractivity (Wildman–Crippen MR) is 85.0 cm³/mol. The molecule has 0 atom stereocenters. The summed E-state index contributed by atoms with van der Waals surface area (Å²) in [6.45, 7) is 7.51. The van der Waals surface area contributed by atoms with Crippen LogP contribution < -0.4 is 9.64 Å². The maximum absolute atomic E-state index is 12.5. The van der Waals surface area contributed by atoms with Crippen molar-refractivity contribution in [2.45, 2.75) is 39.8 Å². The SMILES string of the molecule is COc1ccccc1N1C(=O)C(=O)N(C(C)C)C1=NC(C)C. The summed E-state index contributed by atoms with van der Waals surface area (Å²) < 4.78 is 5.31. The van der Waals surface area contributed by atoms with Crippen LogP contribution in [-0.2, 0) is 9.59 Å². The van der Waals surface area contributed by atoms with Gasteiger partial charge in [-0.1, -0.05) is 12.1 Å². The monoisotopic (exact) mass is 303 g/mol. The predicted octanol–water partition coefficient (Wildman–Crippen LogP) is 2.04. The van der Waals surface area contributed by atoms with Crippen molar-refractivity contribution in [2.75, 3.05) is 12.0 Å². The van der Waals surface area contributed by atoms with Crippen LogP contribution in [0.2, 0.25) is 0 Å². The molecule has 22 heavy (non-hydrogen) atoms. The quantitative estimate of drug-likeness (QED) is 0.800. The van der Waals surface area contributed by atoms with E-state index < -0.39 is 11.8 Å². The maximum Gasteiger partial charge on any atom is 0.324 e. The van der Waals surface area contributed by atoms with Gasteiger partial charge in [0.05, 0.1) is 12.8 Å². The minimum Gasteiger partial charge on any atom is -0.495 e. The Balaban J connectivity index is 2.61. The minimum absolute atomic E-state index is 0.0489. The van der Waals surface area contributed by atoms with Gasteiger partial charge < -0.3 is 4.74 Å². The largest absolute Gasteiger partial charge is 0.495 e. The van der Waals surface area contributed by atoms with Crippen LogP contribution in [0.15, 0.2) is 29.3 Å². The molecule has 2 rings (SSSR count). The number of anilines is 1. The zero-order valence-electron chi connectivity index (χ0n) is 13.5. The zero-order valence-corrected chi connectivity index (χ0v) is 13.5. The van der Waals surface area contributed by atoms with E-state index in [1.54, 1.807) is 18.2 Å². The Morgan fingerprint density at radius 2 is 1.68 bits per heavy atom. The van der Waals surface area contributed by atoms with Crippen LogP contribution in [0, 0.1) is 0 Å². The number of hydrogen-bond donors (Lipinski definition) is 0. The second-order valence-corrected chi connectivity index (χ2v) is 5.60. The van der Waals surface area contributed by atoms with Gasteiger partial charge in [-0.05, 0) is 39.8 Å². The lowest BCUT2D eigenvalue weighted by Crippen LogP contribution is -2.40. The molecule has 118 valence electrons. The topological polar surface area (TPSA) is 62.2 Å². The third-order valence-corrected chi connectivity index (χ3v) is 3.24. The molecule has 2 amide bonds. The molecule has 1 aromatic carbocycles. The highest BCUT2D eigenvalue weighted by Crippen LogP contribution is 2.32. The Kier molecular flexibility index (Phi) is 4.49. The summed E-state index contributed by atoms with van der Waals surface area (Å²) in [5.41, 5.74) is 0.519. The molecule has 1 fully saturated rings. The molecule has 0 spiro atoms. The summed E-state index contributed by atoms with van der Waals surface area (Å²) in [6.07, 6.45) is 0. The molecule has 0 N–H and O–H groups in total. The lowest BCUT2D eigenvalue weighted by Gasteiger charge is -2.24. The molecule has 6 heteroatoms. The molecular formula is C16H21N3O3. The number of hydrogen-bond acceptors (Lipinski definition) is 4. The second kappa shape index (κ2) is 6.17. The average molecular weight is 303 g/mol. The molecule has 0 unspecified atom stereocenters. The molecule has 1 heterocycles. The van der Waals surface area contributed by atoms with Gasteiger partial charge in [0, 0.05) is 12.1 Å². The Bertz CT molecular complexity index is 623. The molecule has 1 aliphatic heterocycles.